The molecule has 0 bridgehead atoms. The number of aliphatic hydroxyl groups is 1. The summed E-state index contributed by atoms with van der Waals surface area (Å²) >= 11 is 6.11. The SMILES string of the molecule is COc1c(C)cc(C)cc1/C(O)=C1\C(=O)C(=O)N(c2ccc(Cl)cc2)C1c1c(C)[nH]c2ccccc12. The van der Waals surface area contributed by atoms with E-state index in [1.54, 1.807) is 30.3 Å². The zero-order valence-corrected chi connectivity index (χ0v) is 21.1. The first-order valence-electron chi connectivity index (χ1n) is 11.5. The van der Waals surface area contributed by atoms with Crippen LogP contribution in [0.3, 0.4) is 0 Å². The molecule has 0 aliphatic carbocycles. The van der Waals surface area contributed by atoms with Crippen molar-refractivity contribution < 1.29 is 19.4 Å². The smallest absolute Gasteiger partial charge is 0.300 e. The summed E-state index contributed by atoms with van der Waals surface area (Å²) in [6.45, 7) is 5.67. The van der Waals surface area contributed by atoms with Crippen LogP contribution < -0.4 is 9.64 Å². The minimum atomic E-state index is -0.868. The fourth-order valence-electron chi connectivity index (χ4n) is 5.17. The number of rotatable bonds is 4. The molecule has 1 unspecified atom stereocenters. The monoisotopic (exact) mass is 500 g/mol. The lowest BCUT2D eigenvalue weighted by Gasteiger charge is -2.26. The molecule has 1 aromatic heterocycles. The molecule has 1 atom stereocenters. The number of aromatic amines is 1. The van der Waals surface area contributed by atoms with Crippen molar-refractivity contribution >= 4 is 45.6 Å². The molecular formula is C29H25ClN2O4. The van der Waals surface area contributed by atoms with E-state index < -0.39 is 17.7 Å². The predicted octanol–water partition coefficient (Wildman–Crippen LogP) is 6.38. The van der Waals surface area contributed by atoms with E-state index in [9.17, 15) is 14.7 Å². The van der Waals surface area contributed by atoms with Crippen LogP contribution in [0.15, 0.2) is 66.2 Å². The van der Waals surface area contributed by atoms with Crippen LogP contribution >= 0.6 is 11.6 Å². The number of amides is 1. The lowest BCUT2D eigenvalue weighted by atomic mass is 9.92. The summed E-state index contributed by atoms with van der Waals surface area (Å²) in [6.07, 6.45) is 0. The molecule has 5 rings (SSSR count). The van der Waals surface area contributed by atoms with Gasteiger partial charge < -0.3 is 14.8 Å². The van der Waals surface area contributed by atoms with Crippen LogP contribution in [-0.4, -0.2) is 28.9 Å². The Bertz CT molecular complexity index is 1570. The van der Waals surface area contributed by atoms with Crippen molar-refractivity contribution in [3.05, 3.63) is 99.2 Å². The Kier molecular flexibility index (Phi) is 5.85. The Labute approximate surface area is 213 Å². The van der Waals surface area contributed by atoms with Gasteiger partial charge in [-0.2, -0.15) is 0 Å². The Morgan fingerprint density at radius 2 is 1.72 bits per heavy atom. The topological polar surface area (TPSA) is 82.6 Å². The van der Waals surface area contributed by atoms with Gasteiger partial charge in [0, 0.05) is 32.9 Å². The largest absolute Gasteiger partial charge is 0.507 e. The second kappa shape index (κ2) is 8.88. The van der Waals surface area contributed by atoms with Gasteiger partial charge in [0.1, 0.15) is 11.5 Å². The Morgan fingerprint density at radius 3 is 2.42 bits per heavy atom. The van der Waals surface area contributed by atoms with E-state index in [0.29, 0.717) is 22.0 Å². The molecule has 0 radical (unpaired) electrons. The van der Waals surface area contributed by atoms with Gasteiger partial charge in [0.15, 0.2) is 0 Å². The van der Waals surface area contributed by atoms with E-state index in [-0.39, 0.29) is 11.3 Å². The number of halogens is 1. The zero-order chi connectivity index (χ0) is 25.7. The molecule has 3 aromatic carbocycles. The fourth-order valence-corrected chi connectivity index (χ4v) is 5.30. The lowest BCUT2D eigenvalue weighted by Crippen LogP contribution is -2.29. The number of carbonyl (C=O) groups excluding carboxylic acids is 2. The van der Waals surface area contributed by atoms with Gasteiger partial charge in [0.25, 0.3) is 11.7 Å². The molecule has 2 heterocycles. The fraction of sp³-hybridized carbons (Fsp3) is 0.172. The van der Waals surface area contributed by atoms with Gasteiger partial charge in [0.05, 0.1) is 24.3 Å². The summed E-state index contributed by atoms with van der Waals surface area (Å²) in [6, 6.07) is 17.3. The summed E-state index contributed by atoms with van der Waals surface area (Å²) in [5, 5.41) is 13.0. The number of nitrogens with one attached hydrogen (secondary N) is 1. The van der Waals surface area contributed by atoms with Gasteiger partial charge in [-0.1, -0.05) is 35.9 Å². The molecule has 2 N–H and O–H groups in total. The number of ether oxygens (including phenoxy) is 1. The molecule has 182 valence electrons. The number of anilines is 1. The molecule has 6 nitrogen and oxygen atoms in total. The first kappa shape index (κ1) is 23.7. The Hall–Kier alpha value is -4.03. The van der Waals surface area contributed by atoms with E-state index in [2.05, 4.69) is 4.98 Å². The van der Waals surface area contributed by atoms with Crippen LogP contribution in [0.2, 0.25) is 5.02 Å². The number of aromatic nitrogens is 1. The molecule has 4 aromatic rings. The number of benzene rings is 3. The second-order valence-corrected chi connectivity index (χ2v) is 9.45. The number of Topliss-reactive ketones (excluding diaryl/α,β-unsaturated/α-hetero) is 1. The maximum absolute atomic E-state index is 13.6. The van der Waals surface area contributed by atoms with Crippen LogP contribution in [0.25, 0.3) is 16.7 Å². The number of carbonyl (C=O) groups is 2. The van der Waals surface area contributed by atoms with Crippen molar-refractivity contribution in [2.75, 3.05) is 12.0 Å². The number of methoxy groups -OCH3 is 1. The number of fused-ring (bicyclic) bond motifs is 1. The van der Waals surface area contributed by atoms with Gasteiger partial charge >= 0.3 is 0 Å². The number of ketones is 1. The van der Waals surface area contributed by atoms with Gasteiger partial charge in [0.2, 0.25) is 0 Å². The van der Waals surface area contributed by atoms with Gasteiger partial charge in [-0.05, 0) is 68.3 Å². The van der Waals surface area contributed by atoms with E-state index in [1.165, 1.54) is 12.0 Å². The van der Waals surface area contributed by atoms with Crippen molar-refractivity contribution in [3.63, 3.8) is 0 Å². The molecule has 7 heteroatoms. The number of aliphatic hydroxyl groups excluding tert-OH is 1. The average molecular weight is 501 g/mol. The minimum absolute atomic E-state index is 0.00565. The minimum Gasteiger partial charge on any atom is -0.507 e. The second-order valence-electron chi connectivity index (χ2n) is 9.02. The van der Waals surface area contributed by atoms with Crippen LogP contribution in [0, 0.1) is 20.8 Å². The first-order valence-corrected chi connectivity index (χ1v) is 11.9. The summed E-state index contributed by atoms with van der Waals surface area (Å²) in [4.78, 5) is 31.9. The normalized spacial score (nSPS) is 17.2. The predicted molar refractivity (Wildman–Crippen MR) is 142 cm³/mol. The van der Waals surface area contributed by atoms with Crippen molar-refractivity contribution in [2.45, 2.75) is 26.8 Å². The number of H-pyrrole nitrogens is 1. The van der Waals surface area contributed by atoms with E-state index in [4.69, 9.17) is 16.3 Å². The highest BCUT2D eigenvalue weighted by atomic mass is 35.5. The van der Waals surface area contributed by atoms with Crippen molar-refractivity contribution in [1.82, 2.24) is 4.98 Å². The van der Waals surface area contributed by atoms with Crippen LogP contribution in [0.5, 0.6) is 5.75 Å². The Balaban J connectivity index is 1.85. The van der Waals surface area contributed by atoms with Crippen molar-refractivity contribution in [3.8, 4) is 5.75 Å². The molecule has 0 spiro atoms. The molecule has 1 fully saturated rings. The maximum atomic E-state index is 13.6. The average Bonchev–Trinajstić information content (AvgIpc) is 3.31. The standard InChI is InChI=1S/C29H25ClN2O4/c1-15-13-16(2)28(36-4)21(14-15)26(33)24-25(23-17(3)31-22-8-6-5-7-20(22)23)32(29(35)27(24)34)19-11-9-18(30)10-12-19/h5-14,25,31,33H,1-4H3/b26-24+. The quantitative estimate of drug-likeness (QED) is 0.193. The summed E-state index contributed by atoms with van der Waals surface area (Å²) in [5.41, 5.74) is 4.98. The first-order chi connectivity index (χ1) is 17.2. The molecule has 1 saturated heterocycles. The summed E-state index contributed by atoms with van der Waals surface area (Å²) in [5.74, 6) is -1.32. The van der Waals surface area contributed by atoms with Crippen molar-refractivity contribution in [1.29, 1.82) is 0 Å². The van der Waals surface area contributed by atoms with Gasteiger partial charge in [-0.25, -0.2) is 0 Å². The number of para-hydroxylation sites is 1. The third-order valence-corrected chi connectivity index (χ3v) is 6.90. The third kappa shape index (κ3) is 3.65. The third-order valence-electron chi connectivity index (χ3n) is 6.64. The molecule has 36 heavy (non-hydrogen) atoms. The van der Waals surface area contributed by atoms with Gasteiger partial charge in [-0.3, -0.25) is 14.5 Å². The number of aryl methyl sites for hydroxylation is 3. The zero-order valence-electron chi connectivity index (χ0n) is 20.3. The van der Waals surface area contributed by atoms with Crippen LogP contribution in [0.1, 0.15) is 34.0 Å². The number of hydrogen-bond donors (Lipinski definition) is 2. The van der Waals surface area contributed by atoms with Gasteiger partial charge in [-0.15, -0.1) is 0 Å². The van der Waals surface area contributed by atoms with Crippen LogP contribution in [-0.2, 0) is 9.59 Å². The molecule has 1 amide bonds. The highest BCUT2D eigenvalue weighted by Gasteiger charge is 2.48. The number of hydrogen-bond acceptors (Lipinski definition) is 4. The number of nitrogens with zero attached hydrogens (tertiary/aromatic N) is 1. The molecular weight excluding hydrogens is 476 g/mol. The molecule has 1 aliphatic heterocycles. The highest BCUT2D eigenvalue weighted by Crippen LogP contribution is 2.46. The van der Waals surface area contributed by atoms with Crippen LogP contribution in [0.4, 0.5) is 5.69 Å². The lowest BCUT2D eigenvalue weighted by molar-refractivity contribution is -0.132. The van der Waals surface area contributed by atoms with E-state index in [0.717, 1.165) is 33.3 Å². The summed E-state index contributed by atoms with van der Waals surface area (Å²) in [7, 11) is 1.52. The molecule has 1 aliphatic rings. The van der Waals surface area contributed by atoms with Crippen molar-refractivity contribution in [2.24, 2.45) is 0 Å². The molecule has 0 saturated carbocycles. The maximum Gasteiger partial charge on any atom is 0.300 e. The summed E-state index contributed by atoms with van der Waals surface area (Å²) < 4.78 is 5.59. The highest BCUT2D eigenvalue weighted by molar-refractivity contribution is 6.52. The van der Waals surface area contributed by atoms with E-state index in [1.807, 2.05) is 51.1 Å². The van der Waals surface area contributed by atoms with E-state index >= 15 is 0 Å². The Morgan fingerprint density at radius 1 is 1.03 bits per heavy atom.